The summed E-state index contributed by atoms with van der Waals surface area (Å²) in [5.41, 5.74) is 1.30. The van der Waals surface area contributed by atoms with Crippen molar-refractivity contribution in [3.63, 3.8) is 0 Å². The first-order valence-corrected chi connectivity index (χ1v) is 8.67. The maximum Gasteiger partial charge on any atom is 0.257 e. The van der Waals surface area contributed by atoms with Crippen molar-refractivity contribution in [2.75, 3.05) is 20.3 Å². The van der Waals surface area contributed by atoms with Gasteiger partial charge < -0.3 is 19.5 Å². The second kappa shape index (κ2) is 8.00. The summed E-state index contributed by atoms with van der Waals surface area (Å²) in [7, 11) is 1.47. The summed E-state index contributed by atoms with van der Waals surface area (Å²) in [6, 6.07) is 9.20. The molecule has 2 aromatic rings. The van der Waals surface area contributed by atoms with Gasteiger partial charge in [0.1, 0.15) is 17.8 Å². The van der Waals surface area contributed by atoms with Crippen LogP contribution in [0.2, 0.25) is 0 Å². The predicted octanol–water partition coefficient (Wildman–Crippen LogP) is 2.62. The fraction of sp³-hybridized carbons (Fsp3) is 0.333. The lowest BCUT2D eigenvalue weighted by Crippen LogP contribution is -2.24. The first kappa shape index (κ1) is 18.6. The van der Waals surface area contributed by atoms with E-state index < -0.39 is 0 Å². The Kier molecular flexibility index (Phi) is 5.51. The molecule has 0 saturated heterocycles. The molecular weight excluding hydrogens is 344 g/mol. The molecule has 1 aromatic carbocycles. The topological polar surface area (TPSA) is 69.7 Å². The van der Waals surface area contributed by atoms with Crippen molar-refractivity contribution < 1.29 is 19.0 Å². The van der Waals surface area contributed by atoms with Gasteiger partial charge in [-0.15, -0.1) is 0 Å². The number of nitrogens with zero attached hydrogens (tertiary/aromatic N) is 1. The van der Waals surface area contributed by atoms with E-state index in [1.807, 2.05) is 18.2 Å². The number of ether oxygens (including phenoxy) is 3. The molecule has 0 saturated carbocycles. The first-order valence-electron chi connectivity index (χ1n) is 8.67. The number of aromatic nitrogens is 1. The van der Waals surface area contributed by atoms with Gasteiger partial charge >= 0.3 is 0 Å². The third-order valence-corrected chi connectivity index (χ3v) is 4.03. The summed E-state index contributed by atoms with van der Waals surface area (Å²) >= 11 is 0. The Morgan fingerprint density at radius 3 is 2.96 bits per heavy atom. The number of carbonyl (C=O) groups is 1. The standard InChI is InChI=1S/C21H22N2O4/c1-21(2)14-15-8-6-10-17(18(15)27-21)26-13-5-4-11-22-19(24)16-9-7-12-23-20(16)25-3/h6-10,12H,11,13-14H2,1-3H3,(H,22,24). The number of nitrogens with one attached hydrogen (secondary N) is 1. The Morgan fingerprint density at radius 2 is 2.15 bits per heavy atom. The number of rotatable bonds is 5. The van der Waals surface area contributed by atoms with E-state index in [0.717, 1.165) is 17.7 Å². The molecule has 0 fully saturated rings. The van der Waals surface area contributed by atoms with E-state index in [1.165, 1.54) is 7.11 Å². The molecule has 6 heteroatoms. The highest BCUT2D eigenvalue weighted by Crippen LogP contribution is 2.41. The zero-order valence-electron chi connectivity index (χ0n) is 15.7. The summed E-state index contributed by atoms with van der Waals surface area (Å²) in [4.78, 5) is 16.1. The van der Waals surface area contributed by atoms with Gasteiger partial charge in [-0.2, -0.15) is 0 Å². The van der Waals surface area contributed by atoms with Crippen molar-refractivity contribution in [1.82, 2.24) is 10.3 Å². The third kappa shape index (κ3) is 4.50. The van der Waals surface area contributed by atoms with E-state index in [-0.39, 0.29) is 30.5 Å². The van der Waals surface area contributed by atoms with Crippen LogP contribution in [-0.2, 0) is 6.42 Å². The van der Waals surface area contributed by atoms with Gasteiger partial charge in [0.25, 0.3) is 5.91 Å². The summed E-state index contributed by atoms with van der Waals surface area (Å²) < 4.78 is 16.8. The van der Waals surface area contributed by atoms with Crippen molar-refractivity contribution in [2.24, 2.45) is 0 Å². The molecule has 140 valence electrons. The molecule has 0 bridgehead atoms. The van der Waals surface area contributed by atoms with E-state index in [1.54, 1.807) is 18.3 Å². The van der Waals surface area contributed by atoms with E-state index in [9.17, 15) is 4.79 Å². The molecule has 0 atom stereocenters. The number of carbonyl (C=O) groups excluding carboxylic acids is 1. The van der Waals surface area contributed by atoms with Crippen LogP contribution in [-0.4, -0.2) is 36.8 Å². The van der Waals surface area contributed by atoms with Crippen molar-refractivity contribution in [3.05, 3.63) is 47.7 Å². The highest BCUT2D eigenvalue weighted by Gasteiger charge is 2.32. The molecule has 0 aliphatic carbocycles. The Hall–Kier alpha value is -3.20. The van der Waals surface area contributed by atoms with Crippen LogP contribution in [0.3, 0.4) is 0 Å². The highest BCUT2D eigenvalue weighted by molar-refractivity contribution is 5.96. The maximum absolute atomic E-state index is 12.1. The van der Waals surface area contributed by atoms with E-state index >= 15 is 0 Å². The average Bonchev–Trinajstić information content (AvgIpc) is 2.98. The molecule has 1 aliphatic rings. The predicted molar refractivity (Wildman–Crippen MR) is 101 cm³/mol. The molecule has 0 unspecified atom stereocenters. The first-order chi connectivity index (χ1) is 13.0. The molecule has 0 radical (unpaired) electrons. The number of pyridine rings is 1. The van der Waals surface area contributed by atoms with Gasteiger partial charge in [0.05, 0.1) is 13.7 Å². The minimum atomic E-state index is -0.285. The van der Waals surface area contributed by atoms with E-state index in [4.69, 9.17) is 14.2 Å². The highest BCUT2D eigenvalue weighted by atomic mass is 16.5. The lowest BCUT2D eigenvalue weighted by Gasteiger charge is -2.17. The number of methoxy groups -OCH3 is 1. The monoisotopic (exact) mass is 366 g/mol. The van der Waals surface area contributed by atoms with Crippen LogP contribution in [0.15, 0.2) is 36.5 Å². The molecule has 1 aliphatic heterocycles. The van der Waals surface area contributed by atoms with Crippen LogP contribution in [0.25, 0.3) is 0 Å². The number of fused-ring (bicyclic) bond motifs is 1. The smallest absolute Gasteiger partial charge is 0.257 e. The molecule has 1 N–H and O–H groups in total. The van der Waals surface area contributed by atoms with Gasteiger partial charge in [0.15, 0.2) is 11.5 Å². The number of amides is 1. The fourth-order valence-corrected chi connectivity index (χ4v) is 2.87. The van der Waals surface area contributed by atoms with Gasteiger partial charge in [0.2, 0.25) is 5.88 Å². The van der Waals surface area contributed by atoms with Gasteiger partial charge in [-0.1, -0.05) is 24.0 Å². The zero-order chi connectivity index (χ0) is 19.3. The summed E-state index contributed by atoms with van der Waals surface area (Å²) in [6.07, 6.45) is 2.42. The fourth-order valence-electron chi connectivity index (χ4n) is 2.87. The Morgan fingerprint density at radius 1 is 1.30 bits per heavy atom. The van der Waals surface area contributed by atoms with Gasteiger partial charge in [-0.25, -0.2) is 4.98 Å². The largest absolute Gasteiger partial charge is 0.483 e. The van der Waals surface area contributed by atoms with Crippen LogP contribution in [0.4, 0.5) is 0 Å². The van der Waals surface area contributed by atoms with Gasteiger partial charge in [-0.3, -0.25) is 4.79 Å². The SMILES string of the molecule is COc1ncccc1C(=O)NCC#CCOc1cccc2c1OC(C)(C)C2. The second-order valence-corrected chi connectivity index (χ2v) is 6.67. The van der Waals surface area contributed by atoms with E-state index in [2.05, 4.69) is 36.0 Å². The second-order valence-electron chi connectivity index (χ2n) is 6.67. The Bertz CT molecular complexity index is 897. The Balaban J connectivity index is 1.50. The van der Waals surface area contributed by atoms with Crippen molar-refractivity contribution in [2.45, 2.75) is 25.9 Å². The lowest BCUT2D eigenvalue weighted by atomic mass is 10.0. The number of para-hydroxylation sites is 1. The normalized spacial score (nSPS) is 13.6. The minimum absolute atomic E-state index is 0.205. The van der Waals surface area contributed by atoms with Crippen molar-refractivity contribution in [3.8, 4) is 29.2 Å². The van der Waals surface area contributed by atoms with E-state index in [0.29, 0.717) is 11.3 Å². The van der Waals surface area contributed by atoms with Crippen molar-refractivity contribution in [1.29, 1.82) is 0 Å². The summed E-state index contributed by atoms with van der Waals surface area (Å²) in [5.74, 6) is 7.24. The molecule has 6 nitrogen and oxygen atoms in total. The van der Waals surface area contributed by atoms with Crippen molar-refractivity contribution >= 4 is 5.91 Å². The van der Waals surface area contributed by atoms with Gasteiger partial charge in [0, 0.05) is 18.2 Å². The Labute approximate surface area is 158 Å². The molecule has 2 heterocycles. The zero-order valence-corrected chi connectivity index (χ0v) is 15.7. The molecular formula is C21H22N2O4. The average molecular weight is 366 g/mol. The summed E-state index contributed by atoms with van der Waals surface area (Å²) in [6.45, 7) is 4.52. The van der Waals surface area contributed by atoms with Gasteiger partial charge in [-0.05, 0) is 32.0 Å². The quantitative estimate of drug-likeness (QED) is 0.824. The molecule has 1 amide bonds. The molecule has 1 aromatic heterocycles. The summed E-state index contributed by atoms with van der Waals surface area (Å²) in [5, 5.41) is 2.71. The minimum Gasteiger partial charge on any atom is -0.483 e. The van der Waals surface area contributed by atoms with Crippen LogP contribution < -0.4 is 19.5 Å². The lowest BCUT2D eigenvalue weighted by molar-refractivity contribution is 0.0955. The van der Waals surface area contributed by atoms with Crippen LogP contribution >= 0.6 is 0 Å². The van der Waals surface area contributed by atoms with Crippen LogP contribution in [0, 0.1) is 11.8 Å². The molecule has 3 rings (SSSR count). The number of hydrogen-bond acceptors (Lipinski definition) is 5. The number of benzene rings is 1. The maximum atomic E-state index is 12.1. The number of hydrogen-bond donors (Lipinski definition) is 1. The molecule has 27 heavy (non-hydrogen) atoms. The van der Waals surface area contributed by atoms with Crippen LogP contribution in [0.5, 0.6) is 17.4 Å². The third-order valence-electron chi connectivity index (χ3n) is 4.03. The van der Waals surface area contributed by atoms with Crippen LogP contribution in [0.1, 0.15) is 29.8 Å². The molecule has 0 spiro atoms.